The fraction of sp³-hybridized carbons (Fsp3) is 0.545. The molecule has 0 saturated heterocycles. The summed E-state index contributed by atoms with van der Waals surface area (Å²) in [6.07, 6.45) is 2.26. The lowest BCUT2D eigenvalue weighted by Gasteiger charge is -2.26. The van der Waals surface area contributed by atoms with Gasteiger partial charge in [-0.25, -0.2) is 4.98 Å². The smallest absolute Gasteiger partial charge is 0.153 e. The van der Waals surface area contributed by atoms with Crippen molar-refractivity contribution in [1.29, 1.82) is 0 Å². The first-order valence-corrected chi connectivity index (χ1v) is 5.59. The molecule has 0 aliphatic heterocycles. The molecule has 84 valence electrons. The quantitative estimate of drug-likeness (QED) is 0.805. The highest BCUT2D eigenvalue weighted by Crippen LogP contribution is 2.24. The Labute approximate surface area is 96.2 Å². The Kier molecular flexibility index (Phi) is 4.21. The van der Waals surface area contributed by atoms with Crippen LogP contribution in [0.25, 0.3) is 0 Å². The molecule has 4 heteroatoms. The lowest BCUT2D eigenvalue weighted by molar-refractivity contribution is 0.612. The van der Waals surface area contributed by atoms with Crippen molar-refractivity contribution in [2.24, 2.45) is 0 Å². The Hall–Kier alpha value is -0.960. The molecule has 3 nitrogen and oxygen atoms in total. The van der Waals surface area contributed by atoms with Gasteiger partial charge in [0.1, 0.15) is 5.15 Å². The van der Waals surface area contributed by atoms with E-state index in [9.17, 15) is 0 Å². The molecule has 0 saturated carbocycles. The van der Waals surface area contributed by atoms with E-state index in [1.807, 2.05) is 7.05 Å². The molecular formula is C11H18ClN3. The molecule has 1 unspecified atom stereocenters. The van der Waals surface area contributed by atoms with Crippen LogP contribution in [0.15, 0.2) is 12.1 Å². The van der Waals surface area contributed by atoms with Gasteiger partial charge < -0.3 is 10.6 Å². The molecule has 2 N–H and O–H groups in total. The minimum Gasteiger partial charge on any atom is -0.396 e. The predicted molar refractivity (Wildman–Crippen MR) is 66.4 cm³/mol. The number of nitrogens with two attached hydrogens (primary N) is 1. The van der Waals surface area contributed by atoms with Gasteiger partial charge in [0.05, 0.1) is 5.69 Å². The molecule has 1 aromatic heterocycles. The van der Waals surface area contributed by atoms with Crippen molar-refractivity contribution >= 4 is 23.1 Å². The van der Waals surface area contributed by atoms with Gasteiger partial charge in [0, 0.05) is 13.1 Å². The van der Waals surface area contributed by atoms with Crippen LogP contribution in [0.3, 0.4) is 0 Å². The summed E-state index contributed by atoms with van der Waals surface area (Å²) in [7, 11) is 2.00. The zero-order chi connectivity index (χ0) is 11.4. The first-order chi connectivity index (χ1) is 7.06. The van der Waals surface area contributed by atoms with Crippen LogP contribution in [-0.2, 0) is 0 Å². The van der Waals surface area contributed by atoms with Crippen LogP contribution >= 0.6 is 11.6 Å². The molecular weight excluding hydrogens is 210 g/mol. The molecule has 0 spiro atoms. The van der Waals surface area contributed by atoms with E-state index in [0.29, 0.717) is 16.9 Å². The molecule has 0 aliphatic rings. The summed E-state index contributed by atoms with van der Waals surface area (Å²) in [6.45, 7) is 4.32. The van der Waals surface area contributed by atoms with Gasteiger partial charge in [-0.15, -0.1) is 0 Å². The number of anilines is 2. The largest absolute Gasteiger partial charge is 0.396 e. The number of aromatic nitrogens is 1. The molecule has 0 fully saturated rings. The van der Waals surface area contributed by atoms with E-state index in [2.05, 4.69) is 23.7 Å². The van der Waals surface area contributed by atoms with E-state index in [4.69, 9.17) is 17.3 Å². The van der Waals surface area contributed by atoms with E-state index in [0.717, 1.165) is 18.7 Å². The summed E-state index contributed by atoms with van der Waals surface area (Å²) in [5, 5.41) is 0.481. The van der Waals surface area contributed by atoms with Crippen LogP contribution in [0.5, 0.6) is 0 Å². The van der Waals surface area contributed by atoms with Crippen LogP contribution < -0.4 is 10.6 Å². The lowest BCUT2D eigenvalue weighted by Crippen LogP contribution is -2.30. The summed E-state index contributed by atoms with van der Waals surface area (Å²) in [5.74, 6) is 0.767. The Balaban J connectivity index is 2.89. The van der Waals surface area contributed by atoms with E-state index in [1.165, 1.54) is 0 Å². The van der Waals surface area contributed by atoms with Crippen molar-refractivity contribution in [3.63, 3.8) is 0 Å². The van der Waals surface area contributed by atoms with Crippen LogP contribution in [0.2, 0.25) is 5.15 Å². The second-order valence-corrected chi connectivity index (χ2v) is 4.18. The maximum atomic E-state index is 5.86. The zero-order valence-electron chi connectivity index (χ0n) is 9.50. The standard InChI is InChI=1S/C11H18ClN3/c1-4-5-8(2)15(3)11-9(13)6-7-10(12)14-11/h6-8H,4-5,13H2,1-3H3. The van der Waals surface area contributed by atoms with Crippen LogP contribution in [-0.4, -0.2) is 18.1 Å². The maximum Gasteiger partial charge on any atom is 0.153 e. The Morgan fingerprint density at radius 3 is 2.80 bits per heavy atom. The molecule has 1 heterocycles. The van der Waals surface area contributed by atoms with E-state index < -0.39 is 0 Å². The van der Waals surface area contributed by atoms with E-state index in [-0.39, 0.29) is 0 Å². The van der Waals surface area contributed by atoms with Gasteiger partial charge in [0.25, 0.3) is 0 Å². The molecule has 1 atom stereocenters. The summed E-state index contributed by atoms with van der Waals surface area (Å²) < 4.78 is 0. The van der Waals surface area contributed by atoms with Crippen LogP contribution in [0.1, 0.15) is 26.7 Å². The first-order valence-electron chi connectivity index (χ1n) is 5.21. The second kappa shape index (κ2) is 5.21. The SMILES string of the molecule is CCCC(C)N(C)c1nc(Cl)ccc1N. The molecule has 0 bridgehead atoms. The minimum absolute atomic E-state index is 0.420. The molecule has 15 heavy (non-hydrogen) atoms. The number of nitrogens with zero attached hydrogens (tertiary/aromatic N) is 2. The van der Waals surface area contributed by atoms with Gasteiger partial charge in [-0.2, -0.15) is 0 Å². The van der Waals surface area contributed by atoms with Crippen molar-refractivity contribution in [3.8, 4) is 0 Å². The highest BCUT2D eigenvalue weighted by atomic mass is 35.5. The highest BCUT2D eigenvalue weighted by Gasteiger charge is 2.13. The Morgan fingerprint density at radius 2 is 2.20 bits per heavy atom. The number of rotatable bonds is 4. The zero-order valence-corrected chi connectivity index (χ0v) is 10.3. The maximum absolute atomic E-state index is 5.86. The second-order valence-electron chi connectivity index (χ2n) is 3.80. The van der Waals surface area contributed by atoms with E-state index in [1.54, 1.807) is 12.1 Å². The van der Waals surface area contributed by atoms with Gasteiger partial charge in [0.2, 0.25) is 0 Å². The van der Waals surface area contributed by atoms with Gasteiger partial charge in [-0.05, 0) is 25.5 Å². The van der Waals surface area contributed by atoms with E-state index >= 15 is 0 Å². The molecule has 0 aromatic carbocycles. The highest BCUT2D eigenvalue weighted by molar-refractivity contribution is 6.29. The Morgan fingerprint density at radius 1 is 1.53 bits per heavy atom. The van der Waals surface area contributed by atoms with Gasteiger partial charge in [-0.1, -0.05) is 24.9 Å². The van der Waals surface area contributed by atoms with Crippen molar-refractivity contribution in [2.75, 3.05) is 17.7 Å². The predicted octanol–water partition coefficient (Wildman–Crippen LogP) is 2.94. The average Bonchev–Trinajstić information content (AvgIpc) is 2.21. The van der Waals surface area contributed by atoms with Crippen molar-refractivity contribution in [3.05, 3.63) is 17.3 Å². The third kappa shape index (κ3) is 2.99. The summed E-state index contributed by atoms with van der Waals surface area (Å²) in [6, 6.07) is 3.92. The number of pyridine rings is 1. The molecule has 0 amide bonds. The fourth-order valence-corrected chi connectivity index (χ4v) is 1.68. The van der Waals surface area contributed by atoms with Gasteiger partial charge in [-0.3, -0.25) is 0 Å². The third-order valence-electron chi connectivity index (χ3n) is 2.57. The first kappa shape index (κ1) is 12.1. The molecule has 0 radical (unpaired) electrons. The number of nitrogen functional groups attached to an aromatic ring is 1. The number of halogens is 1. The van der Waals surface area contributed by atoms with Gasteiger partial charge in [0.15, 0.2) is 5.82 Å². The monoisotopic (exact) mass is 227 g/mol. The number of hydrogen-bond donors (Lipinski definition) is 1. The number of hydrogen-bond acceptors (Lipinski definition) is 3. The van der Waals surface area contributed by atoms with Crippen molar-refractivity contribution in [2.45, 2.75) is 32.7 Å². The summed E-state index contributed by atoms with van der Waals surface area (Å²) >= 11 is 5.85. The molecule has 1 rings (SSSR count). The minimum atomic E-state index is 0.420. The van der Waals surface area contributed by atoms with Crippen LogP contribution in [0, 0.1) is 0 Å². The molecule has 0 aliphatic carbocycles. The third-order valence-corrected chi connectivity index (χ3v) is 2.78. The average molecular weight is 228 g/mol. The summed E-state index contributed by atoms with van der Waals surface area (Å²) in [4.78, 5) is 6.32. The normalized spacial score (nSPS) is 12.5. The topological polar surface area (TPSA) is 42.2 Å². The fourth-order valence-electron chi connectivity index (χ4n) is 1.54. The van der Waals surface area contributed by atoms with Crippen molar-refractivity contribution in [1.82, 2.24) is 4.98 Å². The van der Waals surface area contributed by atoms with Gasteiger partial charge >= 0.3 is 0 Å². The van der Waals surface area contributed by atoms with Crippen LogP contribution in [0.4, 0.5) is 11.5 Å². The summed E-state index contributed by atoms with van der Waals surface area (Å²) in [5.41, 5.74) is 6.53. The lowest BCUT2D eigenvalue weighted by atomic mass is 10.1. The van der Waals surface area contributed by atoms with Crippen molar-refractivity contribution < 1.29 is 0 Å². The molecule has 1 aromatic rings. The Bertz CT molecular complexity index is 328.